The van der Waals surface area contributed by atoms with E-state index in [0.717, 1.165) is 6.42 Å². The molecule has 0 bridgehead atoms. The van der Waals surface area contributed by atoms with Crippen molar-refractivity contribution in [1.29, 1.82) is 0 Å². The van der Waals surface area contributed by atoms with E-state index in [4.69, 9.17) is 5.11 Å². The SMILES string of the molecule is CCCCCC/C(=C/C#CCO)Sc1ccccc1. The van der Waals surface area contributed by atoms with Gasteiger partial charge in [0, 0.05) is 4.90 Å². The van der Waals surface area contributed by atoms with Crippen LogP contribution in [0.4, 0.5) is 0 Å². The average Bonchev–Trinajstić information content (AvgIpc) is 2.44. The molecular formula is C17H22OS. The van der Waals surface area contributed by atoms with Crippen molar-refractivity contribution in [3.8, 4) is 11.8 Å². The minimum Gasteiger partial charge on any atom is -0.384 e. The first-order valence-corrected chi connectivity index (χ1v) is 7.69. The van der Waals surface area contributed by atoms with Gasteiger partial charge in [0.1, 0.15) is 6.61 Å². The number of aliphatic hydroxyl groups is 1. The van der Waals surface area contributed by atoms with Gasteiger partial charge < -0.3 is 5.11 Å². The predicted molar refractivity (Wildman–Crippen MR) is 84.0 cm³/mol. The maximum absolute atomic E-state index is 8.71. The van der Waals surface area contributed by atoms with Crippen LogP contribution >= 0.6 is 11.8 Å². The van der Waals surface area contributed by atoms with Gasteiger partial charge in [-0.15, -0.1) is 0 Å². The van der Waals surface area contributed by atoms with E-state index >= 15 is 0 Å². The van der Waals surface area contributed by atoms with Crippen LogP contribution in [0, 0.1) is 11.8 Å². The second kappa shape index (κ2) is 10.7. The van der Waals surface area contributed by atoms with Crippen LogP contribution in [0.1, 0.15) is 39.0 Å². The zero-order valence-electron chi connectivity index (χ0n) is 11.6. The van der Waals surface area contributed by atoms with E-state index < -0.39 is 0 Å². The minimum atomic E-state index is -0.0738. The minimum absolute atomic E-state index is 0.0738. The molecule has 1 aromatic carbocycles. The van der Waals surface area contributed by atoms with Crippen molar-refractivity contribution in [3.63, 3.8) is 0 Å². The molecule has 19 heavy (non-hydrogen) atoms. The van der Waals surface area contributed by atoms with Gasteiger partial charge in [-0.05, 0) is 36.0 Å². The lowest BCUT2D eigenvalue weighted by atomic mass is 10.1. The van der Waals surface area contributed by atoms with Crippen molar-refractivity contribution < 1.29 is 5.11 Å². The standard InChI is InChI=1S/C17H22OS/c1-2-3-4-6-11-17(14-9-10-15-18)19-16-12-7-5-8-13-16/h5,7-8,12-14,18H,2-4,6,11,15H2,1H3/b17-14-. The van der Waals surface area contributed by atoms with Crippen LogP contribution in [-0.2, 0) is 0 Å². The monoisotopic (exact) mass is 274 g/mol. The molecule has 1 rings (SSSR count). The van der Waals surface area contributed by atoms with E-state index in [1.54, 1.807) is 11.8 Å². The third-order valence-corrected chi connectivity index (χ3v) is 3.78. The third kappa shape index (κ3) is 7.77. The Morgan fingerprint density at radius 2 is 2.00 bits per heavy atom. The Hall–Kier alpha value is -1.17. The molecule has 0 fully saturated rings. The van der Waals surface area contributed by atoms with Crippen molar-refractivity contribution in [3.05, 3.63) is 41.3 Å². The zero-order valence-corrected chi connectivity index (χ0v) is 12.4. The molecule has 0 spiro atoms. The molecule has 0 amide bonds. The maximum atomic E-state index is 8.71. The first kappa shape index (κ1) is 15.9. The molecule has 1 aromatic rings. The van der Waals surface area contributed by atoms with Crippen molar-refractivity contribution in [1.82, 2.24) is 0 Å². The largest absolute Gasteiger partial charge is 0.384 e. The first-order chi connectivity index (χ1) is 9.36. The van der Waals surface area contributed by atoms with Gasteiger partial charge in [0.25, 0.3) is 0 Å². The summed E-state index contributed by atoms with van der Waals surface area (Å²) < 4.78 is 0. The van der Waals surface area contributed by atoms with Crippen molar-refractivity contribution in [2.45, 2.75) is 43.9 Å². The smallest absolute Gasteiger partial charge is 0.104 e. The highest BCUT2D eigenvalue weighted by Gasteiger charge is 2.00. The fourth-order valence-electron chi connectivity index (χ4n) is 1.70. The zero-order chi connectivity index (χ0) is 13.8. The summed E-state index contributed by atoms with van der Waals surface area (Å²) in [7, 11) is 0. The summed E-state index contributed by atoms with van der Waals surface area (Å²) in [6.07, 6.45) is 8.05. The lowest BCUT2D eigenvalue weighted by Gasteiger charge is -2.06. The Morgan fingerprint density at radius 3 is 2.68 bits per heavy atom. The number of hydrogen-bond donors (Lipinski definition) is 1. The van der Waals surface area contributed by atoms with Crippen LogP contribution in [0.15, 0.2) is 46.2 Å². The van der Waals surface area contributed by atoms with Crippen LogP contribution in [-0.4, -0.2) is 11.7 Å². The Kier molecular flexibility index (Phi) is 8.97. The first-order valence-electron chi connectivity index (χ1n) is 6.88. The fourth-order valence-corrected chi connectivity index (χ4v) is 2.66. The molecule has 0 aliphatic heterocycles. The third-order valence-electron chi connectivity index (χ3n) is 2.68. The lowest BCUT2D eigenvalue weighted by molar-refractivity contribution is 0.350. The molecule has 0 unspecified atom stereocenters. The van der Waals surface area contributed by atoms with Gasteiger partial charge in [-0.1, -0.05) is 68.0 Å². The van der Waals surface area contributed by atoms with E-state index in [1.165, 1.54) is 35.5 Å². The summed E-state index contributed by atoms with van der Waals surface area (Å²) in [6, 6.07) is 10.4. The molecule has 0 radical (unpaired) electrons. The van der Waals surface area contributed by atoms with Crippen LogP contribution in [0.2, 0.25) is 0 Å². The van der Waals surface area contributed by atoms with Crippen molar-refractivity contribution in [2.24, 2.45) is 0 Å². The Bertz CT molecular complexity index is 426. The highest BCUT2D eigenvalue weighted by atomic mass is 32.2. The van der Waals surface area contributed by atoms with Gasteiger partial charge in [-0.2, -0.15) is 0 Å². The highest BCUT2D eigenvalue weighted by molar-refractivity contribution is 8.03. The van der Waals surface area contributed by atoms with E-state index in [0.29, 0.717) is 0 Å². The topological polar surface area (TPSA) is 20.2 Å². The van der Waals surface area contributed by atoms with Crippen LogP contribution in [0.25, 0.3) is 0 Å². The van der Waals surface area contributed by atoms with Crippen LogP contribution in [0.3, 0.4) is 0 Å². The van der Waals surface area contributed by atoms with Crippen molar-refractivity contribution in [2.75, 3.05) is 6.61 Å². The summed E-state index contributed by atoms with van der Waals surface area (Å²) >= 11 is 1.77. The Labute approximate surface area is 121 Å². The van der Waals surface area contributed by atoms with Gasteiger partial charge in [0.05, 0.1) is 0 Å². The quantitative estimate of drug-likeness (QED) is 0.444. The van der Waals surface area contributed by atoms with Gasteiger partial charge in [0.2, 0.25) is 0 Å². The average molecular weight is 274 g/mol. The van der Waals surface area contributed by atoms with Gasteiger partial charge in [0.15, 0.2) is 0 Å². The molecule has 0 heterocycles. The molecule has 2 heteroatoms. The van der Waals surface area contributed by atoms with E-state index in [9.17, 15) is 0 Å². The highest BCUT2D eigenvalue weighted by Crippen LogP contribution is 2.29. The molecule has 0 aliphatic rings. The predicted octanol–water partition coefficient (Wildman–Crippen LogP) is 4.63. The van der Waals surface area contributed by atoms with Gasteiger partial charge >= 0.3 is 0 Å². The van der Waals surface area contributed by atoms with Crippen LogP contribution < -0.4 is 0 Å². The van der Waals surface area contributed by atoms with E-state index in [2.05, 4.69) is 43.0 Å². The Morgan fingerprint density at radius 1 is 1.21 bits per heavy atom. The normalized spacial score (nSPS) is 10.9. The van der Waals surface area contributed by atoms with Crippen molar-refractivity contribution >= 4 is 11.8 Å². The number of unbranched alkanes of at least 4 members (excludes halogenated alkanes) is 3. The second-order valence-electron chi connectivity index (χ2n) is 4.32. The summed E-state index contributed by atoms with van der Waals surface area (Å²) in [5, 5.41) is 8.71. The van der Waals surface area contributed by atoms with E-state index in [1.807, 2.05) is 12.1 Å². The summed E-state index contributed by atoms with van der Waals surface area (Å²) in [5.41, 5.74) is 0. The molecule has 1 N–H and O–H groups in total. The molecule has 1 nitrogen and oxygen atoms in total. The number of hydrogen-bond acceptors (Lipinski definition) is 2. The second-order valence-corrected chi connectivity index (χ2v) is 5.52. The molecule has 0 aliphatic carbocycles. The number of rotatable bonds is 7. The Balaban J connectivity index is 2.56. The van der Waals surface area contributed by atoms with Gasteiger partial charge in [-0.25, -0.2) is 0 Å². The fraction of sp³-hybridized carbons (Fsp3) is 0.412. The van der Waals surface area contributed by atoms with Crippen LogP contribution in [0.5, 0.6) is 0 Å². The number of thioether (sulfide) groups is 1. The molecule has 0 saturated heterocycles. The summed E-state index contributed by atoms with van der Waals surface area (Å²) in [6.45, 7) is 2.15. The number of benzene rings is 1. The molecule has 0 saturated carbocycles. The number of aliphatic hydroxyl groups excluding tert-OH is 1. The summed E-state index contributed by atoms with van der Waals surface area (Å²) in [5.74, 6) is 5.60. The summed E-state index contributed by atoms with van der Waals surface area (Å²) in [4.78, 5) is 2.53. The molecular weight excluding hydrogens is 252 g/mol. The number of allylic oxidation sites excluding steroid dienone is 2. The molecule has 0 atom stereocenters. The van der Waals surface area contributed by atoms with E-state index in [-0.39, 0.29) is 6.61 Å². The molecule has 0 aromatic heterocycles. The van der Waals surface area contributed by atoms with Gasteiger partial charge in [-0.3, -0.25) is 0 Å². The molecule has 102 valence electrons. The maximum Gasteiger partial charge on any atom is 0.104 e. The lowest BCUT2D eigenvalue weighted by Crippen LogP contribution is -1.82.